The minimum Gasteiger partial charge on any atom is -0.496 e. The standard InChI is InChI=1S/C56H68N6O9/c1-7-52(67)28-33-29-55(51(66)70-6,45-37(19-23-61(31-33)32-52)36-16-11-13-18-41(36)58-45)39-26-38-43(27-44(39)69-5)60(4)48-54(38)21-24-62-22-14-20-53(8-2,47(54)62)49(64)56(48,68)50(65)59-42(46(63)71-9-3)25-34-30-57-40-17-12-10-15-35(34)40/h10-18,20,26-27,30,33,42,47-49,57-58,64,67-68H,7-9,19,21-25,28-29,31-32H2,1-6H3,(H,59,65)/t33-,42-,47+,48-,49+,52-,53+,54-,55+,56+/m0/s1. The molecule has 3 aromatic carbocycles. The van der Waals surface area contributed by atoms with E-state index in [0.717, 1.165) is 44.2 Å². The SMILES string of the molecule is CCOC(=O)[C@H](Cc1c[nH]c2ccccc12)NC(=O)[C@]1(O)[C@H](O)[C@]2(CC)C=CCN3CC[C@]4(c5cc([C@]6(C(=O)OC)C[C@H]7CN(CCc8c6[nH]c6ccccc86)C[C@](O)(CC)C7)c(OC)cc5N(C)[C@H]14)[C@H]32. The Balaban J connectivity index is 1.12. The lowest BCUT2D eigenvalue weighted by Crippen LogP contribution is -2.82. The average Bonchev–Trinajstić information content (AvgIpc) is 4.15. The van der Waals surface area contributed by atoms with Crippen molar-refractivity contribution >= 4 is 45.3 Å². The van der Waals surface area contributed by atoms with Crippen molar-refractivity contribution in [3.05, 3.63) is 107 Å². The molecule has 15 heteroatoms. The van der Waals surface area contributed by atoms with Gasteiger partial charge in [0.15, 0.2) is 5.60 Å². The Hall–Kier alpha value is -5.71. The summed E-state index contributed by atoms with van der Waals surface area (Å²) in [4.78, 5) is 58.9. The Bertz CT molecular complexity index is 2970. The smallest absolute Gasteiger partial charge is 0.328 e. The number of aromatic amines is 2. The van der Waals surface area contributed by atoms with Crippen molar-refractivity contribution < 1.29 is 43.9 Å². The first-order chi connectivity index (χ1) is 34.2. The summed E-state index contributed by atoms with van der Waals surface area (Å²) in [5, 5.41) is 44.0. The molecule has 1 amide bonds. The number of piperidine rings is 1. The van der Waals surface area contributed by atoms with E-state index in [1.807, 2.05) is 92.7 Å². The van der Waals surface area contributed by atoms with Crippen molar-refractivity contribution in [2.75, 3.05) is 65.5 Å². The van der Waals surface area contributed by atoms with Crippen LogP contribution in [0, 0.1) is 11.3 Å². The Morgan fingerprint density at radius 2 is 1.69 bits per heavy atom. The fourth-order valence-electron chi connectivity index (χ4n) is 15.3. The van der Waals surface area contributed by atoms with Crippen LogP contribution in [0.2, 0.25) is 0 Å². The maximum absolute atomic E-state index is 15.7. The zero-order valence-corrected chi connectivity index (χ0v) is 41.7. The Kier molecular flexibility index (Phi) is 11.5. The van der Waals surface area contributed by atoms with Crippen molar-refractivity contribution in [1.82, 2.24) is 25.1 Å². The highest BCUT2D eigenvalue weighted by molar-refractivity contribution is 5.96. The number of methoxy groups -OCH3 is 2. The second-order valence-corrected chi connectivity index (χ2v) is 21.5. The van der Waals surface area contributed by atoms with Gasteiger partial charge in [0, 0.05) is 108 Å². The van der Waals surface area contributed by atoms with Crippen LogP contribution in [0.15, 0.2) is 79.0 Å². The fourth-order valence-corrected chi connectivity index (χ4v) is 15.3. The van der Waals surface area contributed by atoms with Gasteiger partial charge in [-0.05, 0) is 92.8 Å². The number of anilines is 1. The van der Waals surface area contributed by atoms with Crippen molar-refractivity contribution in [3.8, 4) is 5.75 Å². The number of aliphatic hydroxyl groups excluding tert-OH is 1. The molecular weight excluding hydrogens is 901 g/mol. The molecule has 15 nitrogen and oxygen atoms in total. The number of carbonyl (C=O) groups is 3. The van der Waals surface area contributed by atoms with E-state index in [2.05, 4.69) is 37.2 Å². The third kappa shape index (κ3) is 6.68. The van der Waals surface area contributed by atoms with Crippen LogP contribution in [-0.4, -0.2) is 149 Å². The van der Waals surface area contributed by atoms with Crippen LogP contribution in [-0.2, 0) is 47.5 Å². The average molecular weight is 969 g/mol. The number of aliphatic hydroxyl groups is 3. The normalized spacial score (nSPS) is 33.3. The minimum absolute atomic E-state index is 0.0716. The Morgan fingerprint density at radius 1 is 0.930 bits per heavy atom. The van der Waals surface area contributed by atoms with E-state index >= 15 is 9.59 Å². The molecule has 7 heterocycles. The number of para-hydroxylation sites is 2. The summed E-state index contributed by atoms with van der Waals surface area (Å²) in [6, 6.07) is 17.2. The van der Waals surface area contributed by atoms with E-state index in [1.54, 1.807) is 14.0 Å². The quantitative estimate of drug-likeness (QED) is 0.0767. The predicted molar refractivity (Wildman–Crippen MR) is 269 cm³/mol. The van der Waals surface area contributed by atoms with Gasteiger partial charge in [-0.15, -0.1) is 0 Å². The van der Waals surface area contributed by atoms with Crippen LogP contribution in [0.25, 0.3) is 21.8 Å². The van der Waals surface area contributed by atoms with Gasteiger partial charge in [0.05, 0.1) is 32.5 Å². The molecular formula is C56H68N6O9. The van der Waals surface area contributed by atoms with Gasteiger partial charge in [0.1, 0.15) is 23.3 Å². The molecule has 6 aliphatic rings. The molecule has 11 atom stereocenters. The van der Waals surface area contributed by atoms with Crippen molar-refractivity contribution in [3.63, 3.8) is 0 Å². The third-order valence-electron chi connectivity index (χ3n) is 18.2. The van der Waals surface area contributed by atoms with Crippen LogP contribution < -0.4 is 15.0 Å². The van der Waals surface area contributed by atoms with E-state index < -0.39 is 63.5 Å². The first-order valence-corrected chi connectivity index (χ1v) is 25.6. The highest BCUT2D eigenvalue weighted by Crippen LogP contribution is 2.67. The lowest BCUT2D eigenvalue weighted by Gasteiger charge is -2.63. The van der Waals surface area contributed by atoms with E-state index in [1.165, 1.54) is 7.11 Å². The number of nitrogens with one attached hydrogen (secondary N) is 3. The third-order valence-corrected chi connectivity index (χ3v) is 18.2. The van der Waals surface area contributed by atoms with Gasteiger partial charge in [-0.1, -0.05) is 62.4 Å². The molecule has 71 heavy (non-hydrogen) atoms. The molecule has 1 saturated carbocycles. The zero-order valence-electron chi connectivity index (χ0n) is 41.7. The largest absolute Gasteiger partial charge is 0.496 e. The number of fused-ring (bicyclic) bond motifs is 7. The maximum Gasteiger partial charge on any atom is 0.328 e. The van der Waals surface area contributed by atoms with Gasteiger partial charge in [-0.3, -0.25) is 19.4 Å². The van der Waals surface area contributed by atoms with Crippen LogP contribution in [0.3, 0.4) is 0 Å². The summed E-state index contributed by atoms with van der Waals surface area (Å²) in [6.07, 6.45) is 7.17. The molecule has 1 spiro atoms. The molecule has 5 aromatic rings. The number of rotatable bonds is 11. The maximum atomic E-state index is 15.7. The molecule has 2 bridgehead atoms. The van der Waals surface area contributed by atoms with Gasteiger partial charge in [-0.2, -0.15) is 0 Å². The summed E-state index contributed by atoms with van der Waals surface area (Å²) in [7, 11) is 4.88. The molecule has 2 aromatic heterocycles. The molecule has 11 rings (SSSR count). The number of nitrogens with zero attached hydrogens (tertiary/aromatic N) is 3. The molecule has 6 N–H and O–H groups in total. The van der Waals surface area contributed by atoms with Crippen molar-refractivity contribution in [2.45, 2.75) is 112 Å². The van der Waals surface area contributed by atoms with Gasteiger partial charge in [-0.25, -0.2) is 4.79 Å². The topological polar surface area (TPSA) is 193 Å². The number of hydrogen-bond donors (Lipinski definition) is 6. The van der Waals surface area contributed by atoms with E-state index in [4.69, 9.17) is 14.2 Å². The van der Waals surface area contributed by atoms with Crippen LogP contribution in [0.5, 0.6) is 5.75 Å². The minimum atomic E-state index is -2.50. The summed E-state index contributed by atoms with van der Waals surface area (Å²) >= 11 is 0. The zero-order chi connectivity index (χ0) is 49.8. The van der Waals surface area contributed by atoms with Crippen molar-refractivity contribution in [1.29, 1.82) is 0 Å². The Morgan fingerprint density at radius 3 is 2.42 bits per heavy atom. The molecule has 3 fully saturated rings. The number of H-pyrrole nitrogens is 2. The lowest BCUT2D eigenvalue weighted by molar-refractivity contribution is -0.204. The van der Waals surface area contributed by atoms with Gasteiger partial charge in [0.25, 0.3) is 5.91 Å². The van der Waals surface area contributed by atoms with E-state index in [0.29, 0.717) is 88.2 Å². The van der Waals surface area contributed by atoms with Crippen LogP contribution in [0.4, 0.5) is 5.69 Å². The predicted octanol–water partition coefficient (Wildman–Crippen LogP) is 5.02. The molecule has 2 saturated heterocycles. The summed E-state index contributed by atoms with van der Waals surface area (Å²) in [5.41, 5.74) is -0.692. The molecule has 0 radical (unpaired) electrons. The second-order valence-electron chi connectivity index (χ2n) is 21.5. The number of esters is 2. The first kappa shape index (κ1) is 47.6. The number of hydrogen-bond acceptors (Lipinski definition) is 12. The molecule has 1 unspecified atom stereocenters. The molecule has 1 aliphatic carbocycles. The number of carbonyl (C=O) groups excluding carboxylic acids is 3. The highest BCUT2D eigenvalue weighted by Gasteiger charge is 2.79. The van der Waals surface area contributed by atoms with Gasteiger partial charge >= 0.3 is 11.9 Å². The summed E-state index contributed by atoms with van der Waals surface area (Å²) < 4.78 is 18.0. The number of amides is 1. The van der Waals surface area contributed by atoms with Crippen molar-refractivity contribution in [2.24, 2.45) is 11.3 Å². The van der Waals surface area contributed by atoms with Gasteiger partial charge < -0.3 is 49.7 Å². The number of aromatic nitrogens is 2. The first-order valence-electron chi connectivity index (χ1n) is 25.6. The highest BCUT2D eigenvalue weighted by atomic mass is 16.5. The summed E-state index contributed by atoms with van der Waals surface area (Å²) in [5.74, 6) is -1.70. The Labute approximate surface area is 414 Å². The second kappa shape index (κ2) is 17.2. The van der Waals surface area contributed by atoms with Crippen LogP contribution >= 0.6 is 0 Å². The number of benzene rings is 3. The van der Waals surface area contributed by atoms with Gasteiger partial charge in [0.2, 0.25) is 0 Å². The molecule has 5 aliphatic heterocycles. The van der Waals surface area contributed by atoms with E-state index in [9.17, 15) is 20.1 Å². The lowest BCUT2D eigenvalue weighted by atomic mass is 9.47. The number of likely N-dealkylation sites (N-methyl/N-ethyl adjacent to an activating group) is 1. The fraction of sp³-hybridized carbons (Fsp3) is 0.518. The number of ether oxygens (including phenoxy) is 3. The molecule has 376 valence electrons. The summed E-state index contributed by atoms with van der Waals surface area (Å²) in [6.45, 7) is 8.93. The monoisotopic (exact) mass is 969 g/mol. The van der Waals surface area contributed by atoms with Crippen LogP contribution in [0.1, 0.15) is 80.8 Å². The van der Waals surface area contributed by atoms with E-state index in [-0.39, 0.29) is 25.0 Å².